The maximum absolute atomic E-state index is 13.4. The van der Waals surface area contributed by atoms with Gasteiger partial charge in [0.15, 0.2) is 0 Å². The summed E-state index contributed by atoms with van der Waals surface area (Å²) in [5.74, 6) is -0.616. The van der Waals surface area contributed by atoms with Crippen molar-refractivity contribution in [3.05, 3.63) is 102 Å². The van der Waals surface area contributed by atoms with Gasteiger partial charge in [0.25, 0.3) is 11.8 Å². The van der Waals surface area contributed by atoms with Gasteiger partial charge in [0.05, 0.1) is 16.8 Å². The first-order chi connectivity index (χ1) is 16.9. The average molecular weight is 498 g/mol. The van der Waals surface area contributed by atoms with Crippen LogP contribution in [0, 0.1) is 0 Å². The van der Waals surface area contributed by atoms with Crippen LogP contribution >= 0.6 is 23.5 Å². The Kier molecular flexibility index (Phi) is 6.28. The molecule has 2 amide bonds. The van der Waals surface area contributed by atoms with Gasteiger partial charge in [-0.1, -0.05) is 42.6 Å². The van der Waals surface area contributed by atoms with Gasteiger partial charge in [-0.25, -0.2) is 4.90 Å². The first kappa shape index (κ1) is 23.1. The molecule has 0 fully saturated rings. The SMILES string of the molecule is CCc1ccc(N2C(=O)c3cc(Sc4ccc(N)cc4)c(Sc4ccc(N)cc4)cc3C2=O)cc1. The van der Waals surface area contributed by atoms with Gasteiger partial charge >= 0.3 is 0 Å². The van der Waals surface area contributed by atoms with Gasteiger partial charge in [-0.3, -0.25) is 9.59 Å². The van der Waals surface area contributed by atoms with Gasteiger partial charge in [-0.2, -0.15) is 0 Å². The molecular formula is C28H23N3O2S2. The Bertz CT molecular complexity index is 1330. The minimum Gasteiger partial charge on any atom is -0.399 e. The summed E-state index contributed by atoms with van der Waals surface area (Å²) in [5, 5.41) is 0. The largest absolute Gasteiger partial charge is 0.399 e. The number of fused-ring (bicyclic) bond motifs is 1. The second-order valence-corrected chi connectivity index (χ2v) is 10.4. The number of hydrogen-bond acceptors (Lipinski definition) is 6. The number of rotatable bonds is 6. The van der Waals surface area contributed by atoms with Crippen LogP contribution in [0.25, 0.3) is 0 Å². The lowest BCUT2D eigenvalue weighted by Gasteiger charge is -2.14. The normalized spacial score (nSPS) is 12.8. The fourth-order valence-electron chi connectivity index (χ4n) is 3.85. The molecule has 0 aromatic heterocycles. The molecule has 1 heterocycles. The van der Waals surface area contributed by atoms with Crippen molar-refractivity contribution in [1.82, 2.24) is 0 Å². The number of imide groups is 1. The van der Waals surface area contributed by atoms with Crippen LogP contribution in [0.15, 0.2) is 105 Å². The number of anilines is 3. The van der Waals surface area contributed by atoms with Gasteiger partial charge in [0.1, 0.15) is 0 Å². The Morgan fingerprint density at radius 3 is 1.49 bits per heavy atom. The summed E-state index contributed by atoms with van der Waals surface area (Å²) in [7, 11) is 0. The van der Waals surface area contributed by atoms with Crippen molar-refractivity contribution in [1.29, 1.82) is 0 Å². The molecule has 4 aromatic rings. The summed E-state index contributed by atoms with van der Waals surface area (Å²) in [6.45, 7) is 2.07. The quantitative estimate of drug-likeness (QED) is 0.233. The number of nitrogens with two attached hydrogens (primary N) is 2. The summed E-state index contributed by atoms with van der Waals surface area (Å²) >= 11 is 3.07. The van der Waals surface area contributed by atoms with E-state index in [1.807, 2.05) is 84.9 Å². The first-order valence-corrected chi connectivity index (χ1v) is 12.8. The predicted molar refractivity (Wildman–Crippen MR) is 143 cm³/mol. The molecule has 0 aliphatic carbocycles. The first-order valence-electron chi connectivity index (χ1n) is 11.2. The third kappa shape index (κ3) is 4.65. The lowest BCUT2D eigenvalue weighted by Crippen LogP contribution is -2.29. The molecule has 0 bridgehead atoms. The summed E-state index contributed by atoms with van der Waals surface area (Å²) < 4.78 is 0. The molecule has 7 heteroatoms. The molecule has 1 aliphatic heterocycles. The number of hydrogen-bond donors (Lipinski definition) is 2. The lowest BCUT2D eigenvalue weighted by atomic mass is 10.1. The highest BCUT2D eigenvalue weighted by molar-refractivity contribution is 8.02. The van der Waals surface area contributed by atoms with Gasteiger partial charge in [-0.05, 0) is 84.8 Å². The zero-order chi connectivity index (χ0) is 24.5. The molecule has 0 radical (unpaired) electrons. The van der Waals surface area contributed by atoms with Crippen LogP contribution < -0.4 is 16.4 Å². The van der Waals surface area contributed by atoms with Crippen LogP contribution in [-0.4, -0.2) is 11.8 Å². The van der Waals surface area contributed by atoms with E-state index in [9.17, 15) is 9.59 Å². The fourth-order valence-corrected chi connectivity index (χ4v) is 5.82. The minimum absolute atomic E-state index is 0.308. The second kappa shape index (κ2) is 9.52. The number of amides is 2. The van der Waals surface area contributed by atoms with Crippen LogP contribution in [0.3, 0.4) is 0 Å². The maximum Gasteiger partial charge on any atom is 0.266 e. The Balaban J connectivity index is 1.56. The van der Waals surface area contributed by atoms with E-state index in [-0.39, 0.29) is 11.8 Å². The summed E-state index contributed by atoms with van der Waals surface area (Å²) in [6, 6.07) is 26.4. The molecule has 5 rings (SSSR count). The highest BCUT2D eigenvalue weighted by Gasteiger charge is 2.37. The standard InChI is InChI=1S/C28H23N3O2S2/c1-2-17-3-9-20(10-4-17)31-27(32)23-15-25(34-21-11-5-18(29)6-12-21)26(16-24(23)28(31)33)35-22-13-7-19(30)8-14-22/h3-16H,2,29-30H2,1H3. The van der Waals surface area contributed by atoms with Crippen molar-refractivity contribution in [2.24, 2.45) is 0 Å². The molecule has 0 saturated heterocycles. The van der Waals surface area contributed by atoms with Crippen molar-refractivity contribution in [3.8, 4) is 0 Å². The topological polar surface area (TPSA) is 89.4 Å². The summed E-state index contributed by atoms with van der Waals surface area (Å²) in [5.41, 5.74) is 15.6. The van der Waals surface area contributed by atoms with Crippen molar-refractivity contribution < 1.29 is 9.59 Å². The molecule has 0 atom stereocenters. The molecule has 0 spiro atoms. The van der Waals surface area contributed by atoms with Crippen LogP contribution in [0.1, 0.15) is 33.2 Å². The number of nitrogen functional groups attached to an aromatic ring is 2. The number of aryl methyl sites for hydroxylation is 1. The van der Waals surface area contributed by atoms with E-state index in [1.54, 1.807) is 0 Å². The molecular weight excluding hydrogens is 474 g/mol. The third-order valence-electron chi connectivity index (χ3n) is 5.77. The smallest absolute Gasteiger partial charge is 0.266 e. The van der Waals surface area contributed by atoms with Gasteiger partial charge in [0.2, 0.25) is 0 Å². The van der Waals surface area contributed by atoms with Crippen LogP contribution in [0.2, 0.25) is 0 Å². The van der Waals surface area contributed by atoms with Crippen molar-refractivity contribution in [3.63, 3.8) is 0 Å². The number of carbonyl (C=O) groups is 2. The maximum atomic E-state index is 13.4. The molecule has 174 valence electrons. The van der Waals surface area contributed by atoms with Crippen molar-refractivity contribution >= 4 is 52.4 Å². The Morgan fingerprint density at radius 2 is 1.09 bits per heavy atom. The number of benzene rings is 4. The zero-order valence-electron chi connectivity index (χ0n) is 19.0. The van der Waals surface area contributed by atoms with E-state index in [1.165, 1.54) is 28.4 Å². The Hall–Kier alpha value is -3.68. The van der Waals surface area contributed by atoms with Crippen LogP contribution in [0.4, 0.5) is 17.1 Å². The zero-order valence-corrected chi connectivity index (χ0v) is 20.7. The van der Waals surface area contributed by atoms with Gasteiger partial charge in [-0.15, -0.1) is 0 Å². The molecule has 4 aromatic carbocycles. The average Bonchev–Trinajstić information content (AvgIpc) is 3.11. The van der Waals surface area contributed by atoms with E-state index in [2.05, 4.69) is 6.92 Å². The highest BCUT2D eigenvalue weighted by atomic mass is 32.2. The van der Waals surface area contributed by atoms with Gasteiger partial charge in [0, 0.05) is 31.0 Å². The fraction of sp³-hybridized carbons (Fsp3) is 0.0714. The van der Waals surface area contributed by atoms with E-state index < -0.39 is 0 Å². The second-order valence-electron chi connectivity index (χ2n) is 8.15. The van der Waals surface area contributed by atoms with Crippen molar-refractivity contribution in [2.45, 2.75) is 32.9 Å². The third-order valence-corrected chi connectivity index (χ3v) is 8.03. The molecule has 1 aliphatic rings. The molecule has 5 nitrogen and oxygen atoms in total. The molecule has 35 heavy (non-hydrogen) atoms. The van der Waals surface area contributed by atoms with E-state index in [0.717, 1.165) is 31.6 Å². The summed E-state index contributed by atoms with van der Waals surface area (Å²) in [4.78, 5) is 31.8. The van der Waals surface area contributed by atoms with E-state index in [0.29, 0.717) is 28.2 Å². The van der Waals surface area contributed by atoms with E-state index in [4.69, 9.17) is 11.5 Å². The number of nitrogens with zero attached hydrogens (tertiary/aromatic N) is 1. The highest BCUT2D eigenvalue weighted by Crippen LogP contribution is 2.43. The van der Waals surface area contributed by atoms with Crippen LogP contribution in [0.5, 0.6) is 0 Å². The Morgan fingerprint density at radius 1 is 0.657 bits per heavy atom. The lowest BCUT2D eigenvalue weighted by molar-refractivity contribution is 0.0926. The monoisotopic (exact) mass is 497 g/mol. The molecule has 0 saturated carbocycles. The molecule has 4 N–H and O–H groups in total. The summed E-state index contributed by atoms with van der Waals surface area (Å²) in [6.07, 6.45) is 0.889. The predicted octanol–water partition coefficient (Wildman–Crippen LogP) is 6.52. The van der Waals surface area contributed by atoms with Crippen LogP contribution in [-0.2, 0) is 6.42 Å². The van der Waals surface area contributed by atoms with E-state index >= 15 is 0 Å². The Labute approximate surface area is 212 Å². The van der Waals surface area contributed by atoms with Gasteiger partial charge < -0.3 is 11.5 Å². The molecule has 0 unspecified atom stereocenters. The van der Waals surface area contributed by atoms with Crippen molar-refractivity contribution in [2.75, 3.05) is 16.4 Å². The minimum atomic E-state index is -0.308. The number of carbonyl (C=O) groups excluding carboxylic acids is 2.